The molecule has 0 unspecified atom stereocenters. The molecule has 0 spiro atoms. The van der Waals surface area contributed by atoms with E-state index in [-0.39, 0.29) is 5.78 Å². The number of aromatic nitrogens is 1. The van der Waals surface area contributed by atoms with Crippen LogP contribution in [0.5, 0.6) is 5.75 Å². The minimum Gasteiger partial charge on any atom is -0.496 e. The Morgan fingerprint density at radius 2 is 2.06 bits per heavy atom. The minimum absolute atomic E-state index is 0.0750. The van der Waals surface area contributed by atoms with Gasteiger partial charge in [0.05, 0.1) is 7.11 Å². The fourth-order valence-corrected chi connectivity index (χ4v) is 1.57. The third-order valence-electron chi connectivity index (χ3n) is 2.50. The second kappa shape index (κ2) is 5.77. The Morgan fingerprint density at radius 3 is 2.78 bits per heavy atom. The molecule has 0 aliphatic heterocycles. The monoisotopic (exact) mass is 239 g/mol. The number of methoxy groups -OCH3 is 1. The Morgan fingerprint density at radius 1 is 1.22 bits per heavy atom. The number of benzene rings is 1. The van der Waals surface area contributed by atoms with Crippen molar-refractivity contribution in [3.63, 3.8) is 0 Å². The molecule has 2 aromatic rings. The van der Waals surface area contributed by atoms with E-state index in [1.165, 1.54) is 6.08 Å². The first kappa shape index (κ1) is 12.0. The first-order valence-corrected chi connectivity index (χ1v) is 5.56. The average molecular weight is 239 g/mol. The molecular formula is C15H13NO2. The number of rotatable bonds is 4. The highest BCUT2D eigenvalue weighted by Gasteiger charge is 2.02. The van der Waals surface area contributed by atoms with E-state index in [0.29, 0.717) is 5.56 Å². The van der Waals surface area contributed by atoms with Crippen LogP contribution in [0.4, 0.5) is 0 Å². The van der Waals surface area contributed by atoms with Crippen molar-refractivity contribution in [1.82, 2.24) is 4.98 Å². The average Bonchev–Trinajstić information content (AvgIpc) is 2.46. The molecule has 0 fully saturated rings. The van der Waals surface area contributed by atoms with Crippen LogP contribution < -0.4 is 4.74 Å². The molecule has 0 saturated heterocycles. The maximum atomic E-state index is 11.9. The number of carbonyl (C=O) groups excluding carboxylic acids is 1. The van der Waals surface area contributed by atoms with Gasteiger partial charge in [-0.1, -0.05) is 18.2 Å². The number of hydrogen-bond donors (Lipinski definition) is 0. The topological polar surface area (TPSA) is 39.2 Å². The second-order valence-corrected chi connectivity index (χ2v) is 3.68. The molecule has 1 aromatic heterocycles. The van der Waals surface area contributed by atoms with E-state index in [1.807, 2.05) is 24.3 Å². The highest BCUT2D eigenvalue weighted by molar-refractivity contribution is 6.06. The van der Waals surface area contributed by atoms with Gasteiger partial charge in [-0.15, -0.1) is 0 Å². The predicted octanol–water partition coefficient (Wildman–Crippen LogP) is 2.99. The number of hydrogen-bond acceptors (Lipinski definition) is 3. The summed E-state index contributed by atoms with van der Waals surface area (Å²) >= 11 is 0. The number of para-hydroxylation sites is 1. The minimum atomic E-state index is -0.0750. The molecule has 1 aromatic carbocycles. The molecule has 1 heterocycles. The van der Waals surface area contributed by atoms with Crippen molar-refractivity contribution < 1.29 is 9.53 Å². The van der Waals surface area contributed by atoms with Gasteiger partial charge in [-0.3, -0.25) is 9.78 Å². The Bertz CT molecular complexity index is 562. The maximum absolute atomic E-state index is 11.9. The fourth-order valence-electron chi connectivity index (χ4n) is 1.57. The zero-order valence-corrected chi connectivity index (χ0v) is 10.0. The zero-order chi connectivity index (χ0) is 12.8. The summed E-state index contributed by atoms with van der Waals surface area (Å²) in [6.07, 6.45) is 6.46. The van der Waals surface area contributed by atoms with E-state index < -0.39 is 0 Å². The lowest BCUT2D eigenvalue weighted by molar-refractivity contribution is 0.104. The lowest BCUT2D eigenvalue weighted by Gasteiger charge is -2.03. The Hall–Kier alpha value is -2.42. The van der Waals surface area contributed by atoms with Crippen LogP contribution in [0, 0.1) is 0 Å². The summed E-state index contributed by atoms with van der Waals surface area (Å²) in [5, 5.41) is 0. The highest BCUT2D eigenvalue weighted by atomic mass is 16.5. The van der Waals surface area contributed by atoms with Gasteiger partial charge >= 0.3 is 0 Å². The van der Waals surface area contributed by atoms with E-state index in [4.69, 9.17) is 4.74 Å². The third-order valence-corrected chi connectivity index (χ3v) is 2.50. The molecule has 3 nitrogen and oxygen atoms in total. The summed E-state index contributed by atoms with van der Waals surface area (Å²) < 4.78 is 5.21. The summed E-state index contributed by atoms with van der Waals surface area (Å²) in [5.41, 5.74) is 1.45. The molecule has 2 rings (SSSR count). The van der Waals surface area contributed by atoms with E-state index in [0.717, 1.165) is 11.3 Å². The molecule has 3 heteroatoms. The lowest BCUT2D eigenvalue weighted by Crippen LogP contribution is -1.94. The lowest BCUT2D eigenvalue weighted by atomic mass is 10.1. The van der Waals surface area contributed by atoms with Gasteiger partial charge in [0, 0.05) is 23.5 Å². The van der Waals surface area contributed by atoms with Crippen LogP contribution in [0.25, 0.3) is 6.08 Å². The number of nitrogens with zero attached hydrogens (tertiary/aromatic N) is 1. The van der Waals surface area contributed by atoms with Crippen molar-refractivity contribution in [3.8, 4) is 5.75 Å². The van der Waals surface area contributed by atoms with Crippen LogP contribution >= 0.6 is 0 Å². The molecular weight excluding hydrogens is 226 g/mol. The van der Waals surface area contributed by atoms with Gasteiger partial charge in [-0.2, -0.15) is 0 Å². The predicted molar refractivity (Wildman–Crippen MR) is 70.6 cm³/mol. The number of ketones is 1. The molecule has 0 radical (unpaired) electrons. The van der Waals surface area contributed by atoms with Crippen molar-refractivity contribution in [2.75, 3.05) is 7.11 Å². The van der Waals surface area contributed by atoms with Crippen molar-refractivity contribution >= 4 is 11.9 Å². The van der Waals surface area contributed by atoms with Gasteiger partial charge in [0.15, 0.2) is 5.78 Å². The van der Waals surface area contributed by atoms with Gasteiger partial charge in [0.1, 0.15) is 5.75 Å². The van der Waals surface area contributed by atoms with E-state index in [1.54, 1.807) is 37.7 Å². The Labute approximate surface area is 106 Å². The van der Waals surface area contributed by atoms with Crippen LogP contribution in [-0.2, 0) is 0 Å². The van der Waals surface area contributed by atoms with Gasteiger partial charge in [-0.05, 0) is 30.4 Å². The molecule has 0 bridgehead atoms. The SMILES string of the molecule is COc1ccccc1/C=C\C(=O)c1cccnc1. The van der Waals surface area contributed by atoms with Gasteiger partial charge in [-0.25, -0.2) is 0 Å². The van der Waals surface area contributed by atoms with Gasteiger partial charge < -0.3 is 4.74 Å². The fraction of sp³-hybridized carbons (Fsp3) is 0.0667. The van der Waals surface area contributed by atoms with Gasteiger partial charge in [0.2, 0.25) is 0 Å². The van der Waals surface area contributed by atoms with E-state index in [2.05, 4.69) is 4.98 Å². The maximum Gasteiger partial charge on any atom is 0.187 e. The van der Waals surface area contributed by atoms with Crippen molar-refractivity contribution in [2.24, 2.45) is 0 Å². The summed E-state index contributed by atoms with van der Waals surface area (Å²) in [4.78, 5) is 15.8. The number of pyridine rings is 1. The van der Waals surface area contributed by atoms with E-state index >= 15 is 0 Å². The van der Waals surface area contributed by atoms with Crippen LogP contribution in [0.15, 0.2) is 54.9 Å². The Balaban J connectivity index is 2.19. The van der Waals surface area contributed by atoms with Crippen molar-refractivity contribution in [1.29, 1.82) is 0 Å². The molecule has 0 aliphatic carbocycles. The first-order chi connectivity index (χ1) is 8.81. The molecule has 0 atom stereocenters. The molecule has 0 aliphatic rings. The summed E-state index contributed by atoms with van der Waals surface area (Å²) in [5.74, 6) is 0.668. The summed E-state index contributed by atoms with van der Waals surface area (Å²) in [7, 11) is 1.61. The quantitative estimate of drug-likeness (QED) is 0.608. The zero-order valence-electron chi connectivity index (χ0n) is 10.0. The summed E-state index contributed by atoms with van der Waals surface area (Å²) in [6, 6.07) is 11.0. The molecule has 0 saturated carbocycles. The molecule has 18 heavy (non-hydrogen) atoms. The number of carbonyl (C=O) groups is 1. The van der Waals surface area contributed by atoms with E-state index in [9.17, 15) is 4.79 Å². The second-order valence-electron chi connectivity index (χ2n) is 3.68. The molecule has 0 N–H and O–H groups in total. The van der Waals surface area contributed by atoms with Crippen LogP contribution in [0.1, 0.15) is 15.9 Å². The normalized spacial score (nSPS) is 10.5. The molecule has 90 valence electrons. The van der Waals surface area contributed by atoms with Crippen LogP contribution in [-0.4, -0.2) is 17.9 Å². The Kier molecular flexibility index (Phi) is 3.86. The summed E-state index contributed by atoms with van der Waals surface area (Å²) in [6.45, 7) is 0. The third kappa shape index (κ3) is 2.83. The van der Waals surface area contributed by atoms with Crippen LogP contribution in [0.3, 0.4) is 0 Å². The first-order valence-electron chi connectivity index (χ1n) is 5.56. The van der Waals surface area contributed by atoms with Crippen molar-refractivity contribution in [2.45, 2.75) is 0 Å². The van der Waals surface area contributed by atoms with Gasteiger partial charge in [0.25, 0.3) is 0 Å². The van der Waals surface area contributed by atoms with Crippen LogP contribution in [0.2, 0.25) is 0 Å². The number of ether oxygens (including phenoxy) is 1. The smallest absolute Gasteiger partial charge is 0.187 e. The van der Waals surface area contributed by atoms with Crippen molar-refractivity contribution in [3.05, 3.63) is 66.0 Å². The largest absolute Gasteiger partial charge is 0.496 e. The standard InChI is InChI=1S/C15H13NO2/c1-18-15-7-3-2-5-12(15)8-9-14(17)13-6-4-10-16-11-13/h2-11H,1H3/b9-8-. The highest BCUT2D eigenvalue weighted by Crippen LogP contribution is 2.18. The number of allylic oxidation sites excluding steroid dienone is 1. The molecule has 0 amide bonds.